The summed E-state index contributed by atoms with van der Waals surface area (Å²) in [4.78, 5) is 0. The Hall–Kier alpha value is -1.61. The molecule has 0 saturated heterocycles. The Morgan fingerprint density at radius 1 is 1.58 bits per heavy atom. The molecule has 1 fully saturated rings. The van der Waals surface area contributed by atoms with E-state index in [0.717, 1.165) is 25.7 Å². The van der Waals surface area contributed by atoms with Crippen LogP contribution in [0.3, 0.4) is 0 Å². The first-order valence-electron chi connectivity index (χ1n) is 6.03. The molecule has 9 heteroatoms. The topological polar surface area (TPSA) is 125 Å². The number of rotatable bonds is 5. The summed E-state index contributed by atoms with van der Waals surface area (Å²) in [5.74, 6) is -0.130. The molecular formula is C10H17N5O3S. The molecule has 0 spiro atoms. The van der Waals surface area contributed by atoms with Crippen LogP contribution in [0.5, 0.6) is 0 Å². The zero-order valence-corrected chi connectivity index (χ0v) is 11.2. The van der Waals surface area contributed by atoms with E-state index < -0.39 is 10.0 Å². The lowest BCUT2D eigenvalue weighted by atomic mass is 10.2. The number of oxime groups is 1. The quantitative estimate of drug-likeness (QED) is 0.306. The number of H-pyrrole nitrogens is 1. The molecule has 1 aromatic rings. The van der Waals surface area contributed by atoms with Crippen molar-refractivity contribution >= 4 is 15.9 Å². The van der Waals surface area contributed by atoms with Gasteiger partial charge in [0.15, 0.2) is 10.9 Å². The number of nitrogens with zero attached hydrogens (tertiary/aromatic N) is 3. The third-order valence-corrected chi connectivity index (χ3v) is 5.07. The summed E-state index contributed by atoms with van der Waals surface area (Å²) >= 11 is 0. The zero-order chi connectivity index (χ0) is 13.9. The maximum absolute atomic E-state index is 12.5. The largest absolute Gasteiger partial charge is 0.409 e. The second-order valence-corrected chi connectivity index (χ2v) is 6.36. The van der Waals surface area contributed by atoms with E-state index in [2.05, 4.69) is 15.4 Å². The van der Waals surface area contributed by atoms with Gasteiger partial charge in [-0.25, -0.2) is 8.42 Å². The van der Waals surface area contributed by atoms with Gasteiger partial charge in [0, 0.05) is 6.04 Å². The normalized spacial score (nSPS) is 18.3. The number of hydrogen-bond acceptors (Lipinski definition) is 5. The Balaban J connectivity index is 2.31. The van der Waals surface area contributed by atoms with Gasteiger partial charge in [-0.1, -0.05) is 18.0 Å². The summed E-state index contributed by atoms with van der Waals surface area (Å²) in [5, 5.41) is 17.6. The van der Waals surface area contributed by atoms with E-state index >= 15 is 0 Å². The lowest BCUT2D eigenvalue weighted by Gasteiger charge is -2.26. The SMILES string of the molecule is NC(CN(C1CCCC1)S(=O)(=O)c1ccn[nH]1)=NO. The minimum atomic E-state index is -3.70. The smallest absolute Gasteiger partial charge is 0.260 e. The van der Waals surface area contributed by atoms with Crippen molar-refractivity contribution in [2.24, 2.45) is 10.9 Å². The molecule has 1 saturated carbocycles. The van der Waals surface area contributed by atoms with E-state index in [9.17, 15) is 8.42 Å². The molecule has 0 unspecified atom stereocenters. The van der Waals surface area contributed by atoms with Gasteiger partial charge in [-0.15, -0.1) is 0 Å². The van der Waals surface area contributed by atoms with Crippen LogP contribution < -0.4 is 5.73 Å². The molecule has 0 aromatic carbocycles. The van der Waals surface area contributed by atoms with Crippen LogP contribution in [-0.2, 0) is 10.0 Å². The van der Waals surface area contributed by atoms with Gasteiger partial charge < -0.3 is 10.9 Å². The number of sulfonamides is 1. The number of aromatic amines is 1. The molecule has 19 heavy (non-hydrogen) atoms. The number of hydrogen-bond donors (Lipinski definition) is 3. The summed E-state index contributed by atoms with van der Waals surface area (Å²) in [7, 11) is -3.70. The van der Waals surface area contributed by atoms with Gasteiger partial charge in [0.05, 0.1) is 12.7 Å². The molecular weight excluding hydrogens is 270 g/mol. The molecule has 1 heterocycles. The highest BCUT2D eigenvalue weighted by Crippen LogP contribution is 2.27. The van der Waals surface area contributed by atoms with Crippen LogP contribution in [-0.4, -0.2) is 46.5 Å². The molecule has 4 N–H and O–H groups in total. The van der Waals surface area contributed by atoms with Crippen LogP contribution in [0.15, 0.2) is 22.4 Å². The summed E-state index contributed by atoms with van der Waals surface area (Å²) in [6.07, 6.45) is 4.91. The van der Waals surface area contributed by atoms with E-state index in [1.165, 1.54) is 16.6 Å². The Bertz CT molecular complexity index is 534. The molecule has 106 valence electrons. The summed E-state index contributed by atoms with van der Waals surface area (Å²) in [5.41, 5.74) is 5.46. The molecule has 1 aromatic heterocycles. The molecule has 0 bridgehead atoms. The van der Waals surface area contributed by atoms with Crippen molar-refractivity contribution in [2.45, 2.75) is 36.8 Å². The van der Waals surface area contributed by atoms with Gasteiger partial charge in [0.25, 0.3) is 10.0 Å². The lowest BCUT2D eigenvalue weighted by molar-refractivity contribution is 0.308. The van der Waals surface area contributed by atoms with Crippen molar-refractivity contribution in [2.75, 3.05) is 6.54 Å². The summed E-state index contributed by atoms with van der Waals surface area (Å²) in [6, 6.07) is 1.28. The third kappa shape index (κ3) is 2.87. The second kappa shape index (κ2) is 5.57. The van der Waals surface area contributed by atoms with E-state index in [1.807, 2.05) is 0 Å². The molecule has 0 radical (unpaired) electrons. The van der Waals surface area contributed by atoms with E-state index in [0.29, 0.717) is 0 Å². The van der Waals surface area contributed by atoms with Gasteiger partial charge in [0.1, 0.15) is 0 Å². The molecule has 1 aliphatic carbocycles. The lowest BCUT2D eigenvalue weighted by Crippen LogP contribution is -2.44. The maximum atomic E-state index is 12.5. The zero-order valence-electron chi connectivity index (χ0n) is 10.4. The third-order valence-electron chi connectivity index (χ3n) is 3.24. The predicted molar refractivity (Wildman–Crippen MR) is 68.1 cm³/mol. The number of nitrogens with one attached hydrogen (secondary N) is 1. The van der Waals surface area contributed by atoms with Crippen molar-refractivity contribution < 1.29 is 13.6 Å². The maximum Gasteiger partial charge on any atom is 0.260 e. The van der Waals surface area contributed by atoms with Crippen molar-refractivity contribution in [1.29, 1.82) is 0 Å². The van der Waals surface area contributed by atoms with Gasteiger partial charge in [-0.05, 0) is 18.9 Å². The number of nitrogens with two attached hydrogens (primary N) is 1. The molecule has 0 atom stereocenters. The molecule has 2 rings (SSSR count). The van der Waals surface area contributed by atoms with Gasteiger partial charge in [0.2, 0.25) is 0 Å². The Kier molecular flexibility index (Phi) is 4.05. The van der Waals surface area contributed by atoms with E-state index in [4.69, 9.17) is 10.9 Å². The highest BCUT2D eigenvalue weighted by atomic mass is 32.2. The monoisotopic (exact) mass is 287 g/mol. The first kappa shape index (κ1) is 13.8. The Labute approximate surface area is 111 Å². The van der Waals surface area contributed by atoms with Gasteiger partial charge in [-0.2, -0.15) is 9.40 Å². The molecule has 0 amide bonds. The standard InChI is InChI=1S/C10H17N5O3S/c11-9(14-16)7-15(8-3-1-2-4-8)19(17,18)10-5-6-12-13-10/h5-6,8,16H,1-4,7H2,(H2,11,14)(H,12,13). The van der Waals surface area contributed by atoms with Gasteiger partial charge in [-0.3, -0.25) is 5.10 Å². The van der Waals surface area contributed by atoms with Crippen molar-refractivity contribution in [3.8, 4) is 0 Å². The summed E-state index contributed by atoms with van der Waals surface area (Å²) in [6.45, 7) is -0.123. The van der Waals surface area contributed by atoms with Crippen molar-refractivity contribution in [3.05, 3.63) is 12.3 Å². The van der Waals surface area contributed by atoms with E-state index in [-0.39, 0.29) is 23.4 Å². The highest BCUT2D eigenvalue weighted by molar-refractivity contribution is 7.89. The fourth-order valence-corrected chi connectivity index (χ4v) is 3.87. The minimum absolute atomic E-state index is 0.0186. The van der Waals surface area contributed by atoms with Crippen LogP contribution in [0.4, 0.5) is 0 Å². The van der Waals surface area contributed by atoms with Crippen LogP contribution in [0.1, 0.15) is 25.7 Å². The van der Waals surface area contributed by atoms with Crippen molar-refractivity contribution in [3.63, 3.8) is 0 Å². The fourth-order valence-electron chi connectivity index (χ4n) is 2.31. The average Bonchev–Trinajstić information content (AvgIpc) is 3.07. The molecule has 0 aliphatic heterocycles. The first-order valence-corrected chi connectivity index (χ1v) is 7.47. The van der Waals surface area contributed by atoms with Crippen molar-refractivity contribution in [1.82, 2.24) is 14.5 Å². The Morgan fingerprint density at radius 2 is 2.26 bits per heavy atom. The first-order chi connectivity index (χ1) is 9.05. The van der Waals surface area contributed by atoms with Crippen LogP contribution >= 0.6 is 0 Å². The second-order valence-electron chi connectivity index (χ2n) is 4.50. The van der Waals surface area contributed by atoms with Gasteiger partial charge >= 0.3 is 0 Å². The fraction of sp³-hybridized carbons (Fsp3) is 0.600. The number of aromatic nitrogens is 2. The average molecular weight is 287 g/mol. The summed E-state index contributed by atoms with van der Waals surface area (Å²) < 4.78 is 26.3. The van der Waals surface area contributed by atoms with Crippen LogP contribution in [0, 0.1) is 0 Å². The van der Waals surface area contributed by atoms with E-state index in [1.54, 1.807) is 0 Å². The highest BCUT2D eigenvalue weighted by Gasteiger charge is 2.34. The predicted octanol–water partition coefficient (Wildman–Crippen LogP) is 0.0894. The van der Waals surface area contributed by atoms with Crippen LogP contribution in [0.25, 0.3) is 0 Å². The van der Waals surface area contributed by atoms with Crippen LogP contribution in [0.2, 0.25) is 0 Å². The Morgan fingerprint density at radius 3 is 2.79 bits per heavy atom. The minimum Gasteiger partial charge on any atom is -0.409 e. The molecule has 1 aliphatic rings. The molecule has 8 nitrogen and oxygen atoms in total. The number of amidine groups is 1.